The molecule has 0 saturated carbocycles. The Labute approximate surface area is 154 Å². The molecule has 0 aliphatic carbocycles. The van der Waals surface area contributed by atoms with Gasteiger partial charge in [0.15, 0.2) is 13.2 Å². The van der Waals surface area contributed by atoms with Gasteiger partial charge in [0.2, 0.25) is 5.82 Å². The zero-order valence-corrected chi connectivity index (χ0v) is 14.6. The summed E-state index contributed by atoms with van der Waals surface area (Å²) in [7, 11) is 0. The van der Waals surface area contributed by atoms with Gasteiger partial charge < -0.3 is 18.7 Å². The van der Waals surface area contributed by atoms with Gasteiger partial charge in [0.05, 0.1) is 6.61 Å². The quantitative estimate of drug-likeness (QED) is 0.560. The van der Waals surface area contributed by atoms with E-state index in [0.29, 0.717) is 17.9 Å². The summed E-state index contributed by atoms with van der Waals surface area (Å²) >= 11 is 0. The predicted octanol–water partition coefficient (Wildman–Crippen LogP) is 3.40. The summed E-state index contributed by atoms with van der Waals surface area (Å²) in [5.74, 6) is 0.720. The van der Waals surface area contributed by atoms with Gasteiger partial charge in [-0.25, -0.2) is 9.18 Å². The highest BCUT2D eigenvalue weighted by atomic mass is 19.1. The fourth-order valence-corrected chi connectivity index (χ4v) is 2.15. The highest BCUT2D eigenvalue weighted by Gasteiger charge is 2.12. The Hall–Kier alpha value is -3.42. The minimum Gasteiger partial charge on any atom is -0.494 e. The van der Waals surface area contributed by atoms with Crippen molar-refractivity contribution in [2.45, 2.75) is 13.5 Å². The van der Waals surface area contributed by atoms with Crippen LogP contribution in [0.2, 0.25) is 0 Å². The van der Waals surface area contributed by atoms with Crippen molar-refractivity contribution in [3.63, 3.8) is 0 Å². The first kappa shape index (κ1) is 18.4. The molecule has 0 atom stereocenters. The summed E-state index contributed by atoms with van der Waals surface area (Å²) in [5, 5.41) is 3.77. The van der Waals surface area contributed by atoms with Crippen molar-refractivity contribution in [3.05, 3.63) is 60.2 Å². The first-order valence-corrected chi connectivity index (χ1v) is 8.24. The summed E-state index contributed by atoms with van der Waals surface area (Å²) in [6, 6.07) is 12.5. The fraction of sp³-hybridized carbons (Fsp3) is 0.211. The average Bonchev–Trinajstić information content (AvgIpc) is 3.16. The smallest absolute Gasteiger partial charge is 0.344 e. The molecule has 8 heteroatoms. The largest absolute Gasteiger partial charge is 0.494 e. The number of aromatic nitrogens is 2. The van der Waals surface area contributed by atoms with E-state index in [1.54, 1.807) is 24.3 Å². The molecule has 1 aromatic heterocycles. The summed E-state index contributed by atoms with van der Waals surface area (Å²) < 4.78 is 33.6. The molecule has 0 bridgehead atoms. The van der Waals surface area contributed by atoms with Crippen LogP contribution in [0.4, 0.5) is 4.39 Å². The third kappa shape index (κ3) is 5.27. The van der Waals surface area contributed by atoms with Gasteiger partial charge in [-0.3, -0.25) is 0 Å². The molecular formula is C19H17FN2O5. The summed E-state index contributed by atoms with van der Waals surface area (Å²) in [4.78, 5) is 15.9. The van der Waals surface area contributed by atoms with E-state index in [1.807, 2.05) is 6.92 Å². The van der Waals surface area contributed by atoms with Crippen molar-refractivity contribution >= 4 is 5.97 Å². The van der Waals surface area contributed by atoms with Crippen molar-refractivity contribution < 1.29 is 27.9 Å². The normalized spacial score (nSPS) is 10.4. The molecule has 0 fully saturated rings. The van der Waals surface area contributed by atoms with Crippen LogP contribution in [-0.2, 0) is 16.1 Å². The maximum Gasteiger partial charge on any atom is 0.344 e. The molecule has 1 heterocycles. The van der Waals surface area contributed by atoms with Crippen LogP contribution in [0, 0.1) is 5.82 Å². The molecule has 0 unspecified atom stereocenters. The van der Waals surface area contributed by atoms with Gasteiger partial charge in [-0.2, -0.15) is 4.98 Å². The second-order valence-corrected chi connectivity index (χ2v) is 5.37. The fourth-order valence-electron chi connectivity index (χ4n) is 2.15. The Bertz CT molecular complexity index is 878. The van der Waals surface area contributed by atoms with Crippen LogP contribution < -0.4 is 9.47 Å². The van der Waals surface area contributed by atoms with Crippen molar-refractivity contribution in [2.75, 3.05) is 13.2 Å². The molecule has 27 heavy (non-hydrogen) atoms. The minimum atomic E-state index is -0.578. The van der Waals surface area contributed by atoms with Crippen molar-refractivity contribution in [2.24, 2.45) is 0 Å². The molecule has 0 radical (unpaired) electrons. The molecule has 0 N–H and O–H groups in total. The first-order valence-electron chi connectivity index (χ1n) is 8.24. The van der Waals surface area contributed by atoms with E-state index in [4.69, 9.17) is 18.7 Å². The van der Waals surface area contributed by atoms with Crippen molar-refractivity contribution in [3.8, 4) is 22.9 Å². The SMILES string of the molecule is CCOc1ccc(OCC(=O)OCc2nc(-c3ccc(F)cc3)no2)cc1. The maximum atomic E-state index is 12.9. The lowest BCUT2D eigenvalue weighted by Crippen LogP contribution is -2.14. The average molecular weight is 372 g/mol. The molecule has 0 saturated heterocycles. The molecule has 7 nitrogen and oxygen atoms in total. The summed E-state index contributed by atoms with van der Waals surface area (Å²) in [5.41, 5.74) is 0.594. The Kier molecular flexibility index (Phi) is 5.98. The monoisotopic (exact) mass is 372 g/mol. The lowest BCUT2D eigenvalue weighted by atomic mass is 10.2. The van der Waals surface area contributed by atoms with Crippen LogP contribution in [0.1, 0.15) is 12.8 Å². The van der Waals surface area contributed by atoms with Crippen LogP contribution in [0.5, 0.6) is 11.5 Å². The van der Waals surface area contributed by atoms with E-state index < -0.39 is 5.97 Å². The molecular weight excluding hydrogens is 355 g/mol. The van der Waals surface area contributed by atoms with Crippen LogP contribution >= 0.6 is 0 Å². The number of esters is 1. The molecule has 2 aromatic carbocycles. The van der Waals surface area contributed by atoms with E-state index in [1.165, 1.54) is 24.3 Å². The second kappa shape index (κ2) is 8.79. The minimum absolute atomic E-state index is 0.128. The Morgan fingerprint density at radius 2 is 1.70 bits per heavy atom. The number of ether oxygens (including phenoxy) is 3. The molecule has 140 valence electrons. The number of carbonyl (C=O) groups excluding carboxylic acids is 1. The summed E-state index contributed by atoms with van der Waals surface area (Å²) in [6.45, 7) is 2.03. The third-order valence-corrected chi connectivity index (χ3v) is 3.42. The zero-order valence-electron chi connectivity index (χ0n) is 14.6. The van der Waals surface area contributed by atoms with E-state index >= 15 is 0 Å². The number of halogens is 1. The topological polar surface area (TPSA) is 83.7 Å². The summed E-state index contributed by atoms with van der Waals surface area (Å²) in [6.07, 6.45) is 0. The molecule has 0 aliphatic rings. The van der Waals surface area contributed by atoms with Gasteiger partial charge in [0.1, 0.15) is 17.3 Å². The van der Waals surface area contributed by atoms with Gasteiger partial charge in [-0.05, 0) is 55.5 Å². The van der Waals surface area contributed by atoms with Crippen LogP contribution in [-0.4, -0.2) is 29.3 Å². The van der Waals surface area contributed by atoms with E-state index in [2.05, 4.69) is 10.1 Å². The van der Waals surface area contributed by atoms with Gasteiger partial charge in [0.25, 0.3) is 5.89 Å². The van der Waals surface area contributed by atoms with E-state index in [0.717, 1.165) is 5.75 Å². The third-order valence-electron chi connectivity index (χ3n) is 3.42. The number of carbonyl (C=O) groups is 1. The molecule has 0 aliphatic heterocycles. The van der Waals surface area contributed by atoms with Crippen LogP contribution in [0.15, 0.2) is 53.1 Å². The van der Waals surface area contributed by atoms with Gasteiger partial charge in [0, 0.05) is 5.56 Å². The maximum absolute atomic E-state index is 12.9. The van der Waals surface area contributed by atoms with Gasteiger partial charge in [-0.1, -0.05) is 5.16 Å². The Morgan fingerprint density at radius 1 is 1.04 bits per heavy atom. The molecule has 3 rings (SSSR count). The number of rotatable bonds is 8. The Morgan fingerprint density at radius 3 is 2.37 bits per heavy atom. The van der Waals surface area contributed by atoms with Gasteiger partial charge in [-0.15, -0.1) is 0 Å². The number of benzene rings is 2. The lowest BCUT2D eigenvalue weighted by Gasteiger charge is -2.07. The molecule has 3 aromatic rings. The first-order chi connectivity index (χ1) is 13.1. The highest BCUT2D eigenvalue weighted by molar-refractivity contribution is 5.71. The number of hydrogen-bond donors (Lipinski definition) is 0. The second-order valence-electron chi connectivity index (χ2n) is 5.37. The lowest BCUT2D eigenvalue weighted by molar-refractivity contribution is -0.148. The standard InChI is InChI=1S/C19H17FN2O5/c1-2-24-15-7-9-16(10-8-15)25-12-18(23)26-11-17-21-19(22-27-17)13-3-5-14(20)6-4-13/h3-10H,2,11-12H2,1H3. The predicted molar refractivity (Wildman–Crippen MR) is 92.6 cm³/mol. The molecule has 0 amide bonds. The highest BCUT2D eigenvalue weighted by Crippen LogP contribution is 2.18. The Balaban J connectivity index is 1.46. The zero-order chi connectivity index (χ0) is 19.1. The number of hydrogen-bond acceptors (Lipinski definition) is 7. The van der Waals surface area contributed by atoms with Gasteiger partial charge >= 0.3 is 5.97 Å². The van der Waals surface area contributed by atoms with Crippen molar-refractivity contribution in [1.82, 2.24) is 10.1 Å². The van der Waals surface area contributed by atoms with Crippen molar-refractivity contribution in [1.29, 1.82) is 0 Å². The van der Waals surface area contributed by atoms with E-state index in [-0.39, 0.29) is 30.7 Å². The molecule has 0 spiro atoms. The van der Waals surface area contributed by atoms with E-state index in [9.17, 15) is 9.18 Å². The number of nitrogens with zero attached hydrogens (tertiary/aromatic N) is 2. The van der Waals surface area contributed by atoms with Crippen LogP contribution in [0.3, 0.4) is 0 Å². The van der Waals surface area contributed by atoms with Crippen LogP contribution in [0.25, 0.3) is 11.4 Å².